The molecule has 0 spiro atoms. The van der Waals surface area contributed by atoms with Gasteiger partial charge in [0.15, 0.2) is 0 Å². The van der Waals surface area contributed by atoms with Crippen LogP contribution in [0.3, 0.4) is 0 Å². The zero-order chi connectivity index (χ0) is 14.2. The normalized spacial score (nSPS) is 48.4. The lowest BCUT2D eigenvalue weighted by Gasteiger charge is -2.56. The Morgan fingerprint density at radius 3 is 1.43 bits per heavy atom. The topological polar surface area (TPSA) is 0 Å². The van der Waals surface area contributed by atoms with Gasteiger partial charge >= 0.3 is 0 Å². The third kappa shape index (κ3) is 2.68. The first-order valence-corrected chi connectivity index (χ1v) is 10.4. The van der Waals surface area contributed by atoms with E-state index in [1.165, 1.54) is 70.6 Å². The predicted octanol–water partition coefficient (Wildman–Crippen LogP) is 6.42. The van der Waals surface area contributed by atoms with Gasteiger partial charge in [-0.2, -0.15) is 0 Å². The van der Waals surface area contributed by atoms with Gasteiger partial charge < -0.3 is 0 Å². The van der Waals surface area contributed by atoms with Gasteiger partial charge in [0.2, 0.25) is 0 Å². The molecule has 4 rings (SSSR count). The van der Waals surface area contributed by atoms with E-state index < -0.39 is 0 Å². The van der Waals surface area contributed by atoms with E-state index in [0.29, 0.717) is 5.38 Å². The molecule has 4 aliphatic carbocycles. The van der Waals surface area contributed by atoms with Crippen LogP contribution in [0.1, 0.15) is 83.5 Å². The molecule has 0 radical (unpaired) electrons. The van der Waals surface area contributed by atoms with Crippen LogP contribution in [0.4, 0.5) is 0 Å². The van der Waals surface area contributed by atoms with Crippen LogP contribution in [-0.2, 0) is 0 Å². The van der Waals surface area contributed by atoms with Crippen molar-refractivity contribution in [1.29, 1.82) is 0 Å². The van der Waals surface area contributed by atoms with E-state index >= 15 is 0 Å². The quantitative estimate of drug-likeness (QED) is 0.490. The maximum absolute atomic E-state index is 7.07. The number of alkyl halides is 1. The third-order valence-electron chi connectivity index (χ3n) is 7.75. The molecule has 0 amide bonds. The van der Waals surface area contributed by atoms with Gasteiger partial charge in [-0.1, -0.05) is 57.8 Å². The molecule has 0 saturated heterocycles. The van der Waals surface area contributed by atoms with Crippen LogP contribution < -0.4 is 0 Å². The van der Waals surface area contributed by atoms with E-state index in [-0.39, 0.29) is 0 Å². The molecular formula is C20H33Cl. The number of halogens is 1. The van der Waals surface area contributed by atoms with E-state index in [9.17, 15) is 0 Å². The number of rotatable bonds is 1. The Balaban J connectivity index is 1.62. The molecule has 0 bridgehead atoms. The smallest absolute Gasteiger partial charge is 0.0397 e. The second-order valence-corrected chi connectivity index (χ2v) is 9.15. The van der Waals surface area contributed by atoms with E-state index in [1.807, 2.05) is 0 Å². The fraction of sp³-hybridized carbons (Fsp3) is 1.00. The molecule has 1 heteroatoms. The Morgan fingerprint density at radius 1 is 0.476 bits per heavy atom. The first-order valence-electron chi connectivity index (χ1n) is 10.0. The van der Waals surface area contributed by atoms with Crippen LogP contribution in [0.2, 0.25) is 0 Å². The summed E-state index contributed by atoms with van der Waals surface area (Å²) in [6.45, 7) is 0. The van der Waals surface area contributed by atoms with Crippen LogP contribution in [0.5, 0.6) is 0 Å². The van der Waals surface area contributed by atoms with E-state index in [1.54, 1.807) is 12.8 Å². The van der Waals surface area contributed by atoms with Crippen LogP contribution in [0.25, 0.3) is 0 Å². The van der Waals surface area contributed by atoms with Gasteiger partial charge in [0.05, 0.1) is 0 Å². The number of hydrogen-bond acceptors (Lipinski definition) is 0. The molecule has 4 saturated carbocycles. The molecule has 0 aromatic rings. The highest BCUT2D eigenvalue weighted by atomic mass is 35.5. The van der Waals surface area contributed by atoms with Gasteiger partial charge in [-0.25, -0.2) is 0 Å². The lowest BCUT2D eigenvalue weighted by atomic mass is 9.51. The Kier molecular flexibility index (Phi) is 4.54. The molecule has 0 aromatic heterocycles. The monoisotopic (exact) mass is 308 g/mol. The first kappa shape index (κ1) is 14.9. The van der Waals surface area contributed by atoms with Gasteiger partial charge in [-0.05, 0) is 61.2 Å². The van der Waals surface area contributed by atoms with Crippen molar-refractivity contribution in [3.63, 3.8) is 0 Å². The summed E-state index contributed by atoms with van der Waals surface area (Å²) < 4.78 is 0. The van der Waals surface area contributed by atoms with Crippen molar-refractivity contribution >= 4 is 11.6 Å². The molecule has 0 N–H and O–H groups in total. The summed E-state index contributed by atoms with van der Waals surface area (Å²) >= 11 is 7.07. The summed E-state index contributed by atoms with van der Waals surface area (Å²) in [6.07, 6.45) is 19.4. The van der Waals surface area contributed by atoms with Crippen molar-refractivity contribution in [2.24, 2.45) is 35.5 Å². The van der Waals surface area contributed by atoms with Crippen molar-refractivity contribution in [3.05, 3.63) is 0 Å². The Labute approximate surface area is 136 Å². The summed E-state index contributed by atoms with van der Waals surface area (Å²) in [4.78, 5) is 0. The lowest BCUT2D eigenvalue weighted by Crippen LogP contribution is -2.52. The maximum atomic E-state index is 7.07. The molecule has 0 nitrogen and oxygen atoms in total. The first-order chi connectivity index (χ1) is 10.4. The molecule has 0 aliphatic heterocycles. The molecule has 4 unspecified atom stereocenters. The molecule has 0 heterocycles. The largest absolute Gasteiger partial charge is 0.122 e. The summed E-state index contributed by atoms with van der Waals surface area (Å²) in [5.41, 5.74) is 0. The van der Waals surface area contributed by atoms with Crippen molar-refractivity contribution in [3.8, 4) is 0 Å². The Morgan fingerprint density at radius 2 is 0.905 bits per heavy atom. The summed E-state index contributed by atoms with van der Waals surface area (Å²) in [7, 11) is 0. The van der Waals surface area contributed by atoms with Crippen molar-refractivity contribution in [2.45, 2.75) is 88.8 Å². The van der Waals surface area contributed by atoms with E-state index in [0.717, 1.165) is 35.5 Å². The van der Waals surface area contributed by atoms with Crippen molar-refractivity contribution in [2.75, 3.05) is 0 Å². The van der Waals surface area contributed by atoms with Gasteiger partial charge in [0.25, 0.3) is 0 Å². The maximum Gasteiger partial charge on any atom is 0.0397 e. The molecule has 21 heavy (non-hydrogen) atoms. The lowest BCUT2D eigenvalue weighted by molar-refractivity contribution is -0.0445. The zero-order valence-electron chi connectivity index (χ0n) is 13.6. The number of hydrogen-bond donors (Lipinski definition) is 0. The fourth-order valence-corrected chi connectivity index (χ4v) is 7.60. The highest BCUT2D eigenvalue weighted by Gasteiger charge is 2.52. The minimum atomic E-state index is 0.528. The van der Waals surface area contributed by atoms with Crippen LogP contribution >= 0.6 is 11.6 Å². The molecule has 0 aromatic carbocycles. The second kappa shape index (κ2) is 6.42. The Hall–Kier alpha value is 0.290. The summed E-state index contributed by atoms with van der Waals surface area (Å²) in [5, 5.41) is 0.528. The summed E-state index contributed by atoms with van der Waals surface area (Å²) in [5.74, 6) is 5.90. The second-order valence-electron chi connectivity index (χ2n) is 8.64. The highest BCUT2D eigenvalue weighted by Crippen LogP contribution is 2.58. The molecule has 4 aliphatic rings. The standard InChI is InChI=1S/C20H33Cl/c21-20-17-12-6-4-10-15(17)19(14-8-2-1-3-9-14)16-11-5-7-13-18(16)20/h14-20H,1-13H2. The average molecular weight is 309 g/mol. The Bertz CT molecular complexity index is 322. The minimum Gasteiger partial charge on any atom is -0.122 e. The third-order valence-corrected chi connectivity index (χ3v) is 8.40. The number of fused-ring (bicyclic) bond motifs is 2. The molecule has 120 valence electrons. The van der Waals surface area contributed by atoms with Crippen LogP contribution in [0.15, 0.2) is 0 Å². The van der Waals surface area contributed by atoms with Gasteiger partial charge in [-0.3, -0.25) is 0 Å². The van der Waals surface area contributed by atoms with E-state index in [4.69, 9.17) is 11.6 Å². The highest BCUT2D eigenvalue weighted by molar-refractivity contribution is 6.21. The molecular weight excluding hydrogens is 276 g/mol. The van der Waals surface area contributed by atoms with Crippen molar-refractivity contribution < 1.29 is 0 Å². The van der Waals surface area contributed by atoms with E-state index in [2.05, 4.69) is 0 Å². The van der Waals surface area contributed by atoms with Gasteiger partial charge in [0, 0.05) is 5.38 Å². The fourth-order valence-electron chi connectivity index (χ4n) is 6.98. The average Bonchev–Trinajstić information content (AvgIpc) is 2.56. The molecule has 4 fully saturated rings. The van der Waals surface area contributed by atoms with Crippen molar-refractivity contribution in [1.82, 2.24) is 0 Å². The van der Waals surface area contributed by atoms with Gasteiger partial charge in [-0.15, -0.1) is 11.6 Å². The predicted molar refractivity (Wildman–Crippen MR) is 90.6 cm³/mol. The SMILES string of the molecule is ClC1C2CCCCC2C(C2CCCCC2)C2CCCCC12. The summed E-state index contributed by atoms with van der Waals surface area (Å²) in [6, 6.07) is 0. The van der Waals surface area contributed by atoms with Crippen LogP contribution in [0, 0.1) is 35.5 Å². The van der Waals surface area contributed by atoms with Gasteiger partial charge in [0.1, 0.15) is 0 Å². The minimum absolute atomic E-state index is 0.528. The molecule has 4 atom stereocenters. The van der Waals surface area contributed by atoms with Crippen LogP contribution in [-0.4, -0.2) is 5.38 Å². The zero-order valence-corrected chi connectivity index (χ0v) is 14.4.